The van der Waals surface area contributed by atoms with E-state index in [1.807, 2.05) is 0 Å². The van der Waals surface area contributed by atoms with Crippen molar-refractivity contribution in [1.29, 1.82) is 0 Å². The van der Waals surface area contributed by atoms with Crippen molar-refractivity contribution >= 4 is 0 Å². The fourth-order valence-electron chi connectivity index (χ4n) is 3.13. The molecule has 2 rings (SSSR count). The number of rotatable bonds is 5. The van der Waals surface area contributed by atoms with E-state index in [1.165, 1.54) is 27.8 Å². The lowest BCUT2D eigenvalue weighted by atomic mass is 9.91. The third kappa shape index (κ3) is 3.49. The second kappa shape index (κ2) is 6.71. The highest BCUT2D eigenvalue weighted by molar-refractivity contribution is 5.39. The summed E-state index contributed by atoms with van der Waals surface area (Å²) in [6, 6.07) is 15.7. The molecular formula is C19H25N. The first-order valence-corrected chi connectivity index (χ1v) is 7.40. The Morgan fingerprint density at radius 1 is 0.950 bits per heavy atom. The van der Waals surface area contributed by atoms with E-state index in [4.69, 9.17) is 0 Å². The Kier molecular flexibility index (Phi) is 4.97. The zero-order valence-corrected chi connectivity index (χ0v) is 13.0. The molecule has 1 atom stereocenters. The lowest BCUT2D eigenvalue weighted by Crippen LogP contribution is -2.19. The number of aryl methyl sites for hydroxylation is 4. The summed E-state index contributed by atoms with van der Waals surface area (Å²) < 4.78 is 0. The van der Waals surface area contributed by atoms with Gasteiger partial charge >= 0.3 is 0 Å². The quantitative estimate of drug-likeness (QED) is 0.840. The van der Waals surface area contributed by atoms with E-state index in [-0.39, 0.29) is 0 Å². The van der Waals surface area contributed by atoms with Gasteiger partial charge in [-0.25, -0.2) is 0 Å². The van der Waals surface area contributed by atoms with Crippen molar-refractivity contribution in [2.24, 2.45) is 0 Å². The topological polar surface area (TPSA) is 12.0 Å². The summed E-state index contributed by atoms with van der Waals surface area (Å²) in [5.41, 5.74) is 7.02. The Bertz CT molecular complexity index is 534. The predicted octanol–water partition coefficient (Wildman–Crippen LogP) is 4.51. The molecule has 20 heavy (non-hydrogen) atoms. The van der Waals surface area contributed by atoms with Gasteiger partial charge in [-0.1, -0.05) is 48.0 Å². The molecule has 0 aromatic heterocycles. The first-order chi connectivity index (χ1) is 9.61. The molecule has 0 fully saturated rings. The molecule has 0 amide bonds. The van der Waals surface area contributed by atoms with Crippen molar-refractivity contribution < 1.29 is 0 Å². The average molecular weight is 267 g/mol. The standard InChI is InChI=1S/C19H25N/c1-14-12-15(2)19(16(3)13-14)18(20-4)11-10-17-8-6-5-7-9-17/h5-9,12-13,18,20H,10-11H2,1-4H3. The van der Waals surface area contributed by atoms with E-state index in [0.717, 1.165) is 12.8 Å². The summed E-state index contributed by atoms with van der Waals surface area (Å²) in [7, 11) is 2.06. The number of hydrogen-bond acceptors (Lipinski definition) is 1. The maximum atomic E-state index is 3.49. The molecule has 0 aliphatic heterocycles. The predicted molar refractivity (Wildman–Crippen MR) is 87.2 cm³/mol. The largest absolute Gasteiger partial charge is 0.313 e. The lowest BCUT2D eigenvalue weighted by Gasteiger charge is -2.22. The smallest absolute Gasteiger partial charge is 0.0325 e. The third-order valence-corrected chi connectivity index (χ3v) is 4.00. The van der Waals surface area contributed by atoms with Gasteiger partial charge < -0.3 is 5.32 Å². The van der Waals surface area contributed by atoms with Gasteiger partial charge in [-0.3, -0.25) is 0 Å². The van der Waals surface area contributed by atoms with Crippen LogP contribution in [0, 0.1) is 20.8 Å². The molecule has 0 saturated heterocycles. The normalized spacial score (nSPS) is 12.4. The summed E-state index contributed by atoms with van der Waals surface area (Å²) in [5, 5.41) is 3.49. The van der Waals surface area contributed by atoms with Crippen molar-refractivity contribution in [1.82, 2.24) is 5.32 Å². The van der Waals surface area contributed by atoms with Crippen molar-refractivity contribution in [2.45, 2.75) is 39.7 Å². The molecule has 106 valence electrons. The van der Waals surface area contributed by atoms with Crippen LogP contribution in [0.15, 0.2) is 42.5 Å². The summed E-state index contributed by atoms with van der Waals surface area (Å²) in [6.07, 6.45) is 2.24. The Morgan fingerprint density at radius 2 is 1.55 bits per heavy atom. The molecule has 0 spiro atoms. The molecule has 1 nitrogen and oxygen atoms in total. The minimum Gasteiger partial charge on any atom is -0.313 e. The van der Waals surface area contributed by atoms with Gasteiger partial charge in [0.2, 0.25) is 0 Å². The third-order valence-electron chi connectivity index (χ3n) is 4.00. The van der Waals surface area contributed by atoms with Crippen LogP contribution in [0.1, 0.15) is 40.3 Å². The monoisotopic (exact) mass is 267 g/mol. The van der Waals surface area contributed by atoms with Gasteiger partial charge in [-0.15, -0.1) is 0 Å². The van der Waals surface area contributed by atoms with Crippen LogP contribution in [0.5, 0.6) is 0 Å². The van der Waals surface area contributed by atoms with E-state index in [2.05, 4.69) is 75.6 Å². The fourth-order valence-corrected chi connectivity index (χ4v) is 3.13. The van der Waals surface area contributed by atoms with Crippen molar-refractivity contribution in [3.8, 4) is 0 Å². The first-order valence-electron chi connectivity index (χ1n) is 7.40. The summed E-state index contributed by atoms with van der Waals surface area (Å²) >= 11 is 0. The number of nitrogens with one attached hydrogen (secondary N) is 1. The summed E-state index contributed by atoms with van der Waals surface area (Å²) in [4.78, 5) is 0. The molecule has 0 heterocycles. The highest BCUT2D eigenvalue weighted by Gasteiger charge is 2.14. The van der Waals surface area contributed by atoms with E-state index < -0.39 is 0 Å². The van der Waals surface area contributed by atoms with Crippen LogP contribution in [-0.4, -0.2) is 7.05 Å². The van der Waals surface area contributed by atoms with Crippen molar-refractivity contribution in [3.63, 3.8) is 0 Å². The van der Waals surface area contributed by atoms with Gasteiger partial charge in [0.15, 0.2) is 0 Å². The summed E-state index contributed by atoms with van der Waals surface area (Å²) in [5.74, 6) is 0. The van der Waals surface area contributed by atoms with Crippen molar-refractivity contribution in [3.05, 3.63) is 70.3 Å². The van der Waals surface area contributed by atoms with Gasteiger partial charge in [-0.2, -0.15) is 0 Å². The molecule has 1 unspecified atom stereocenters. The van der Waals surface area contributed by atoms with Gasteiger partial charge in [0, 0.05) is 6.04 Å². The van der Waals surface area contributed by atoms with Gasteiger partial charge in [-0.05, 0) is 62.9 Å². The van der Waals surface area contributed by atoms with Crippen LogP contribution >= 0.6 is 0 Å². The second-order valence-corrected chi connectivity index (χ2v) is 5.68. The Balaban J connectivity index is 2.17. The number of hydrogen-bond donors (Lipinski definition) is 1. The van der Waals surface area contributed by atoms with Crippen molar-refractivity contribution in [2.75, 3.05) is 7.05 Å². The van der Waals surface area contributed by atoms with E-state index in [9.17, 15) is 0 Å². The molecular weight excluding hydrogens is 242 g/mol. The molecule has 2 aromatic rings. The minimum atomic E-state index is 0.427. The zero-order valence-electron chi connectivity index (χ0n) is 13.0. The molecule has 0 aliphatic rings. The zero-order chi connectivity index (χ0) is 14.5. The fraction of sp³-hybridized carbons (Fsp3) is 0.368. The second-order valence-electron chi connectivity index (χ2n) is 5.68. The highest BCUT2D eigenvalue weighted by atomic mass is 14.9. The minimum absolute atomic E-state index is 0.427. The van der Waals surface area contributed by atoms with Gasteiger partial charge in [0.05, 0.1) is 0 Å². The van der Waals surface area contributed by atoms with Gasteiger partial charge in [0.1, 0.15) is 0 Å². The van der Waals surface area contributed by atoms with E-state index in [1.54, 1.807) is 0 Å². The Morgan fingerprint density at radius 3 is 2.10 bits per heavy atom. The highest BCUT2D eigenvalue weighted by Crippen LogP contribution is 2.26. The molecule has 2 aromatic carbocycles. The Hall–Kier alpha value is -1.60. The van der Waals surface area contributed by atoms with Crippen LogP contribution in [0.2, 0.25) is 0 Å². The van der Waals surface area contributed by atoms with Crippen LogP contribution in [0.25, 0.3) is 0 Å². The molecule has 0 radical (unpaired) electrons. The lowest BCUT2D eigenvalue weighted by molar-refractivity contribution is 0.544. The Labute approximate surface area is 123 Å². The molecule has 0 saturated carbocycles. The summed E-state index contributed by atoms with van der Waals surface area (Å²) in [6.45, 7) is 6.62. The van der Waals surface area contributed by atoms with Crippen LogP contribution < -0.4 is 5.32 Å². The maximum absolute atomic E-state index is 3.49. The SMILES string of the molecule is CNC(CCc1ccccc1)c1c(C)cc(C)cc1C. The first kappa shape index (κ1) is 14.8. The van der Waals surface area contributed by atoms with E-state index in [0.29, 0.717) is 6.04 Å². The molecule has 1 N–H and O–H groups in total. The molecule has 1 heteroatoms. The van der Waals surface area contributed by atoms with Crippen LogP contribution in [0.4, 0.5) is 0 Å². The van der Waals surface area contributed by atoms with Gasteiger partial charge in [0.25, 0.3) is 0 Å². The number of benzene rings is 2. The maximum Gasteiger partial charge on any atom is 0.0325 e. The van der Waals surface area contributed by atoms with E-state index >= 15 is 0 Å². The molecule has 0 bridgehead atoms. The van der Waals surface area contributed by atoms with Crippen LogP contribution in [-0.2, 0) is 6.42 Å². The average Bonchev–Trinajstić information content (AvgIpc) is 2.42. The molecule has 0 aliphatic carbocycles. The van der Waals surface area contributed by atoms with Crippen LogP contribution in [0.3, 0.4) is 0 Å².